The second-order valence-electron chi connectivity index (χ2n) is 4.43. The number of para-hydroxylation sites is 1. The molecule has 88 valence electrons. The summed E-state index contributed by atoms with van der Waals surface area (Å²) < 4.78 is 0. The average Bonchev–Trinajstić information content (AvgIpc) is 2.81. The van der Waals surface area contributed by atoms with Crippen molar-refractivity contribution in [2.45, 2.75) is 36.0 Å². The van der Waals surface area contributed by atoms with Crippen LogP contribution in [0, 0.1) is 0 Å². The smallest absolute Gasteiger partial charge is 0.221 e. The van der Waals surface area contributed by atoms with Crippen molar-refractivity contribution >= 4 is 28.6 Å². The Bertz CT molecular complexity index is 535. The summed E-state index contributed by atoms with van der Waals surface area (Å²) in [5.74, 6) is 0.379. The van der Waals surface area contributed by atoms with Gasteiger partial charge in [-0.3, -0.25) is 0 Å². The highest BCUT2D eigenvalue weighted by Gasteiger charge is 2.18. The first-order valence-corrected chi connectivity index (χ1v) is 6.90. The lowest BCUT2D eigenvalue weighted by Crippen LogP contribution is -2.00. The van der Waals surface area contributed by atoms with E-state index in [1.165, 1.54) is 25.7 Å². The van der Waals surface area contributed by atoms with E-state index in [2.05, 4.69) is 16.0 Å². The number of nitrogens with zero attached hydrogens (tertiary/aromatic N) is 2. The van der Waals surface area contributed by atoms with E-state index in [9.17, 15) is 0 Å². The molecular weight excluding hydrogens is 230 g/mol. The van der Waals surface area contributed by atoms with Crippen LogP contribution < -0.4 is 5.73 Å². The molecule has 0 aliphatic heterocycles. The van der Waals surface area contributed by atoms with Gasteiger partial charge in [0.15, 0.2) is 0 Å². The summed E-state index contributed by atoms with van der Waals surface area (Å²) >= 11 is 1.86. The standard InChI is InChI=1S/C13H15N3S/c14-13-15-11-8-4-3-7-10(11)12(16-13)17-9-5-1-2-6-9/h3-4,7-9H,1-2,5-6H2,(H2,14,15,16). The van der Waals surface area contributed by atoms with Gasteiger partial charge in [0.25, 0.3) is 0 Å². The fourth-order valence-electron chi connectivity index (χ4n) is 2.32. The maximum atomic E-state index is 5.76. The lowest BCUT2D eigenvalue weighted by molar-refractivity contribution is 0.886. The molecule has 1 aliphatic carbocycles. The fourth-order valence-corrected chi connectivity index (χ4v) is 3.65. The van der Waals surface area contributed by atoms with E-state index in [1.807, 2.05) is 30.0 Å². The van der Waals surface area contributed by atoms with Crippen LogP contribution in [0.1, 0.15) is 25.7 Å². The summed E-state index contributed by atoms with van der Waals surface area (Å²) in [6, 6.07) is 8.08. The minimum atomic E-state index is 0.379. The zero-order valence-electron chi connectivity index (χ0n) is 9.60. The van der Waals surface area contributed by atoms with Gasteiger partial charge in [0.1, 0.15) is 5.03 Å². The third kappa shape index (κ3) is 2.22. The second kappa shape index (κ2) is 4.53. The molecule has 17 heavy (non-hydrogen) atoms. The van der Waals surface area contributed by atoms with E-state index in [-0.39, 0.29) is 0 Å². The molecular formula is C13H15N3S. The highest BCUT2D eigenvalue weighted by Crippen LogP contribution is 2.36. The van der Waals surface area contributed by atoms with Crippen LogP contribution in [0.4, 0.5) is 5.95 Å². The van der Waals surface area contributed by atoms with Gasteiger partial charge in [-0.2, -0.15) is 0 Å². The Hall–Kier alpha value is -1.29. The predicted molar refractivity (Wildman–Crippen MR) is 72.1 cm³/mol. The molecule has 2 N–H and O–H groups in total. The van der Waals surface area contributed by atoms with Crippen LogP contribution in [0.5, 0.6) is 0 Å². The van der Waals surface area contributed by atoms with Crippen LogP contribution in [-0.4, -0.2) is 15.2 Å². The molecule has 1 heterocycles. The Kier molecular flexibility index (Phi) is 2.89. The highest BCUT2D eigenvalue weighted by molar-refractivity contribution is 8.00. The third-order valence-corrected chi connectivity index (χ3v) is 4.51. The summed E-state index contributed by atoms with van der Waals surface area (Å²) in [6.07, 6.45) is 5.28. The lowest BCUT2D eigenvalue weighted by atomic mass is 10.2. The van der Waals surface area contributed by atoms with Crippen LogP contribution >= 0.6 is 11.8 Å². The molecule has 2 aromatic rings. The number of nitrogen functional groups attached to an aromatic ring is 1. The summed E-state index contributed by atoms with van der Waals surface area (Å²) in [4.78, 5) is 8.66. The SMILES string of the molecule is Nc1nc(SC2CCCC2)c2ccccc2n1. The number of nitrogens with two attached hydrogens (primary N) is 1. The minimum Gasteiger partial charge on any atom is -0.368 e. The molecule has 1 aromatic heterocycles. The summed E-state index contributed by atoms with van der Waals surface area (Å²) in [7, 11) is 0. The Labute approximate surface area is 105 Å². The Morgan fingerprint density at radius 3 is 2.71 bits per heavy atom. The van der Waals surface area contributed by atoms with Crippen molar-refractivity contribution < 1.29 is 0 Å². The molecule has 0 amide bonds. The molecule has 1 aromatic carbocycles. The number of hydrogen-bond acceptors (Lipinski definition) is 4. The van der Waals surface area contributed by atoms with E-state index < -0.39 is 0 Å². The quantitative estimate of drug-likeness (QED) is 0.825. The number of aromatic nitrogens is 2. The maximum Gasteiger partial charge on any atom is 0.221 e. The number of benzene rings is 1. The van der Waals surface area contributed by atoms with E-state index in [0.717, 1.165) is 15.9 Å². The van der Waals surface area contributed by atoms with Gasteiger partial charge in [-0.05, 0) is 18.9 Å². The van der Waals surface area contributed by atoms with Gasteiger partial charge in [0.05, 0.1) is 5.52 Å². The van der Waals surface area contributed by atoms with Gasteiger partial charge in [0.2, 0.25) is 5.95 Å². The molecule has 3 nitrogen and oxygen atoms in total. The van der Waals surface area contributed by atoms with E-state index in [0.29, 0.717) is 11.2 Å². The number of thioether (sulfide) groups is 1. The molecule has 3 rings (SSSR count). The summed E-state index contributed by atoms with van der Waals surface area (Å²) in [5.41, 5.74) is 6.71. The van der Waals surface area contributed by atoms with Crippen LogP contribution in [0.15, 0.2) is 29.3 Å². The van der Waals surface area contributed by atoms with Gasteiger partial charge >= 0.3 is 0 Å². The fraction of sp³-hybridized carbons (Fsp3) is 0.385. The van der Waals surface area contributed by atoms with Crippen molar-refractivity contribution in [2.24, 2.45) is 0 Å². The number of fused-ring (bicyclic) bond motifs is 1. The van der Waals surface area contributed by atoms with Crippen molar-refractivity contribution in [2.75, 3.05) is 5.73 Å². The molecule has 0 spiro atoms. The largest absolute Gasteiger partial charge is 0.368 e. The maximum absolute atomic E-state index is 5.76. The molecule has 1 fully saturated rings. The summed E-state index contributed by atoms with van der Waals surface area (Å²) in [5, 5.41) is 2.87. The second-order valence-corrected chi connectivity index (χ2v) is 5.72. The Morgan fingerprint density at radius 1 is 1.12 bits per heavy atom. The molecule has 0 saturated heterocycles. The van der Waals surface area contributed by atoms with E-state index >= 15 is 0 Å². The van der Waals surface area contributed by atoms with Gasteiger partial charge in [0, 0.05) is 10.6 Å². The Morgan fingerprint density at radius 2 is 1.88 bits per heavy atom. The third-order valence-electron chi connectivity index (χ3n) is 3.17. The monoisotopic (exact) mass is 245 g/mol. The highest BCUT2D eigenvalue weighted by atomic mass is 32.2. The first kappa shape index (κ1) is 10.8. The van der Waals surface area contributed by atoms with Gasteiger partial charge in [-0.25, -0.2) is 9.97 Å². The van der Waals surface area contributed by atoms with Gasteiger partial charge in [-0.15, -0.1) is 11.8 Å². The van der Waals surface area contributed by atoms with Crippen molar-refractivity contribution in [1.82, 2.24) is 9.97 Å². The molecule has 0 bridgehead atoms. The van der Waals surface area contributed by atoms with Crippen molar-refractivity contribution in [3.8, 4) is 0 Å². The number of hydrogen-bond donors (Lipinski definition) is 1. The molecule has 4 heteroatoms. The molecule has 0 unspecified atom stereocenters. The lowest BCUT2D eigenvalue weighted by Gasteiger charge is -2.10. The topological polar surface area (TPSA) is 51.8 Å². The molecule has 0 radical (unpaired) electrons. The van der Waals surface area contributed by atoms with Gasteiger partial charge < -0.3 is 5.73 Å². The van der Waals surface area contributed by atoms with Crippen LogP contribution in [0.3, 0.4) is 0 Å². The summed E-state index contributed by atoms with van der Waals surface area (Å²) in [6.45, 7) is 0. The van der Waals surface area contributed by atoms with Crippen molar-refractivity contribution in [3.63, 3.8) is 0 Å². The molecule has 1 aliphatic rings. The first-order chi connectivity index (χ1) is 8.33. The van der Waals surface area contributed by atoms with Gasteiger partial charge in [-0.1, -0.05) is 31.0 Å². The van der Waals surface area contributed by atoms with Crippen molar-refractivity contribution in [3.05, 3.63) is 24.3 Å². The van der Waals surface area contributed by atoms with E-state index in [4.69, 9.17) is 5.73 Å². The normalized spacial score (nSPS) is 16.7. The number of anilines is 1. The average molecular weight is 245 g/mol. The minimum absolute atomic E-state index is 0.379. The molecule has 1 saturated carbocycles. The zero-order chi connectivity index (χ0) is 11.7. The number of rotatable bonds is 2. The van der Waals surface area contributed by atoms with E-state index in [1.54, 1.807) is 0 Å². The predicted octanol–water partition coefficient (Wildman–Crippen LogP) is 3.25. The van der Waals surface area contributed by atoms with Crippen LogP contribution in [0.2, 0.25) is 0 Å². The van der Waals surface area contributed by atoms with Crippen LogP contribution in [0.25, 0.3) is 10.9 Å². The van der Waals surface area contributed by atoms with Crippen LogP contribution in [-0.2, 0) is 0 Å². The molecule has 0 atom stereocenters. The first-order valence-electron chi connectivity index (χ1n) is 6.02. The Balaban J connectivity index is 2.01. The van der Waals surface area contributed by atoms with Crippen molar-refractivity contribution in [1.29, 1.82) is 0 Å². The zero-order valence-corrected chi connectivity index (χ0v) is 10.4.